The van der Waals surface area contributed by atoms with Crippen LogP contribution >= 0.6 is 0 Å². The number of carboxylic acids is 1. The topological polar surface area (TPSA) is 121 Å². The maximum Gasteiger partial charge on any atom is 0.303 e. The molecule has 9 heteroatoms. The number of benzene rings is 3. The number of nitrogens with one attached hydrogen (secondary N) is 1. The van der Waals surface area contributed by atoms with Crippen molar-refractivity contribution in [2.24, 2.45) is 0 Å². The summed E-state index contributed by atoms with van der Waals surface area (Å²) in [6.07, 6.45) is 3.03. The Morgan fingerprint density at radius 3 is 2.43 bits per heavy atom. The Balaban J connectivity index is 1.29. The number of likely N-dealkylation sites (N-methyl/N-ethyl adjacent to an activating group) is 1. The standard InChI is InChI=1S/C38H43N3O6/c1-41(20-18-33-11-2-3-19-39-33)25-34-23-35(29-16-14-27(26-42)15-17-29)47-38(46-34)32-10-5-9-31(22-32)30-8-4-7-28(21-30)24-40-36(43)12-6-13-37(44)45/h2-5,7-11,14-17,19,21-22,34-35,38,42H,6,12-13,18,20,23-26H2,1H3,(H,40,43)(H,44,45)/t34-,35+,38+/m1/s1. The first-order valence-electron chi connectivity index (χ1n) is 16.1. The molecule has 0 saturated carbocycles. The molecule has 246 valence electrons. The predicted molar refractivity (Wildman–Crippen MR) is 179 cm³/mol. The van der Waals surface area contributed by atoms with E-state index in [0.717, 1.165) is 58.6 Å². The molecule has 3 N–H and O–H groups in total. The van der Waals surface area contributed by atoms with Crippen LogP contribution in [0.2, 0.25) is 0 Å². The summed E-state index contributed by atoms with van der Waals surface area (Å²) in [5.41, 5.74) is 6.83. The second-order valence-electron chi connectivity index (χ2n) is 12.0. The van der Waals surface area contributed by atoms with E-state index in [4.69, 9.17) is 14.6 Å². The van der Waals surface area contributed by atoms with Gasteiger partial charge in [0.05, 0.1) is 18.8 Å². The van der Waals surface area contributed by atoms with Crippen LogP contribution in [0.1, 0.15) is 66.0 Å². The lowest BCUT2D eigenvalue weighted by Gasteiger charge is -2.38. The fourth-order valence-corrected chi connectivity index (χ4v) is 5.74. The molecule has 1 aromatic heterocycles. The van der Waals surface area contributed by atoms with Gasteiger partial charge in [0.25, 0.3) is 0 Å². The molecule has 0 radical (unpaired) electrons. The second kappa shape index (κ2) is 16.9. The lowest BCUT2D eigenvalue weighted by atomic mass is 9.98. The van der Waals surface area contributed by atoms with E-state index in [-0.39, 0.29) is 37.6 Å². The average Bonchev–Trinajstić information content (AvgIpc) is 3.10. The first kappa shape index (κ1) is 33.9. The van der Waals surface area contributed by atoms with Gasteiger partial charge in [-0.2, -0.15) is 0 Å². The molecule has 3 aromatic carbocycles. The van der Waals surface area contributed by atoms with E-state index in [1.807, 2.05) is 91.1 Å². The number of rotatable bonds is 15. The number of carbonyl (C=O) groups is 2. The number of pyridine rings is 1. The third-order valence-corrected chi connectivity index (χ3v) is 8.31. The van der Waals surface area contributed by atoms with Crippen LogP contribution in [0.25, 0.3) is 11.1 Å². The highest BCUT2D eigenvalue weighted by Crippen LogP contribution is 2.39. The SMILES string of the molecule is CN(CCc1ccccn1)C[C@H]1C[C@@H](c2ccc(CO)cc2)O[C@@H](c2cccc(-c3cccc(CNC(=O)CCCC(=O)O)c3)c2)O1. The van der Waals surface area contributed by atoms with Crippen LogP contribution in [0, 0.1) is 0 Å². The zero-order chi connectivity index (χ0) is 33.0. The summed E-state index contributed by atoms with van der Waals surface area (Å²) in [5.74, 6) is -1.06. The molecular formula is C38H43N3O6. The molecule has 1 fully saturated rings. The van der Waals surface area contributed by atoms with Crippen molar-refractivity contribution in [2.45, 2.75) is 63.8 Å². The highest BCUT2D eigenvalue weighted by atomic mass is 16.7. The summed E-state index contributed by atoms with van der Waals surface area (Å²) in [5, 5.41) is 21.2. The van der Waals surface area contributed by atoms with Gasteiger partial charge in [-0.15, -0.1) is 0 Å². The van der Waals surface area contributed by atoms with Crippen LogP contribution in [0.15, 0.2) is 97.2 Å². The first-order valence-corrected chi connectivity index (χ1v) is 16.1. The maximum atomic E-state index is 12.2. The molecule has 3 atom stereocenters. The molecule has 9 nitrogen and oxygen atoms in total. The maximum absolute atomic E-state index is 12.2. The summed E-state index contributed by atoms with van der Waals surface area (Å²) in [4.78, 5) is 29.6. The Morgan fingerprint density at radius 2 is 1.68 bits per heavy atom. The van der Waals surface area contributed by atoms with Crippen LogP contribution in [0.4, 0.5) is 0 Å². The molecule has 4 aromatic rings. The van der Waals surface area contributed by atoms with Crippen molar-refractivity contribution in [3.8, 4) is 11.1 Å². The van der Waals surface area contributed by atoms with Gasteiger partial charge < -0.3 is 29.9 Å². The Kier molecular flexibility index (Phi) is 12.2. The molecule has 1 aliphatic heterocycles. The van der Waals surface area contributed by atoms with Gasteiger partial charge in [-0.05, 0) is 65.6 Å². The predicted octanol–water partition coefficient (Wildman–Crippen LogP) is 5.83. The van der Waals surface area contributed by atoms with E-state index < -0.39 is 12.3 Å². The largest absolute Gasteiger partial charge is 0.481 e. The van der Waals surface area contributed by atoms with Crippen LogP contribution in [-0.4, -0.2) is 58.2 Å². The molecule has 0 bridgehead atoms. The summed E-state index contributed by atoms with van der Waals surface area (Å²) in [6, 6.07) is 30.1. The fraction of sp³-hybridized carbons (Fsp3) is 0.342. The van der Waals surface area contributed by atoms with Gasteiger partial charge in [-0.1, -0.05) is 66.7 Å². The Morgan fingerprint density at radius 1 is 0.894 bits per heavy atom. The Labute approximate surface area is 276 Å². The van der Waals surface area contributed by atoms with E-state index in [0.29, 0.717) is 19.4 Å². The van der Waals surface area contributed by atoms with Gasteiger partial charge >= 0.3 is 5.97 Å². The highest BCUT2D eigenvalue weighted by Gasteiger charge is 2.33. The molecular weight excluding hydrogens is 594 g/mol. The average molecular weight is 638 g/mol. The van der Waals surface area contributed by atoms with Gasteiger partial charge in [0.15, 0.2) is 6.29 Å². The number of amides is 1. The molecule has 1 amide bonds. The number of hydrogen-bond acceptors (Lipinski definition) is 7. The molecule has 0 unspecified atom stereocenters. The van der Waals surface area contributed by atoms with Crippen molar-refractivity contribution < 1.29 is 29.3 Å². The molecule has 2 heterocycles. The normalized spacial score (nSPS) is 17.8. The number of aliphatic carboxylic acids is 1. The van der Waals surface area contributed by atoms with Crippen LogP contribution in [0.3, 0.4) is 0 Å². The minimum atomic E-state index is -0.900. The number of aromatic nitrogens is 1. The zero-order valence-corrected chi connectivity index (χ0v) is 26.8. The summed E-state index contributed by atoms with van der Waals surface area (Å²) in [7, 11) is 2.11. The number of nitrogens with zero attached hydrogens (tertiary/aromatic N) is 2. The molecule has 1 saturated heterocycles. The van der Waals surface area contributed by atoms with Crippen molar-refractivity contribution in [1.29, 1.82) is 0 Å². The highest BCUT2D eigenvalue weighted by molar-refractivity contribution is 5.76. The number of ether oxygens (including phenoxy) is 2. The smallest absolute Gasteiger partial charge is 0.303 e. The van der Waals surface area contributed by atoms with Gasteiger partial charge in [0, 0.05) is 62.8 Å². The molecule has 0 spiro atoms. The summed E-state index contributed by atoms with van der Waals surface area (Å²) >= 11 is 0. The first-order chi connectivity index (χ1) is 22.9. The molecule has 5 rings (SSSR count). The van der Waals surface area contributed by atoms with E-state index in [1.54, 1.807) is 0 Å². The third-order valence-electron chi connectivity index (χ3n) is 8.31. The zero-order valence-electron chi connectivity index (χ0n) is 26.8. The van der Waals surface area contributed by atoms with Crippen molar-refractivity contribution in [1.82, 2.24) is 15.2 Å². The van der Waals surface area contributed by atoms with E-state index in [1.165, 1.54) is 0 Å². The third kappa shape index (κ3) is 10.3. The Bertz CT molecular complexity index is 1600. The minimum absolute atomic E-state index is 0.00557. The van der Waals surface area contributed by atoms with Crippen molar-refractivity contribution in [3.05, 3.63) is 125 Å². The van der Waals surface area contributed by atoms with Gasteiger partial charge in [0.1, 0.15) is 0 Å². The fourth-order valence-electron chi connectivity index (χ4n) is 5.74. The minimum Gasteiger partial charge on any atom is -0.481 e. The van der Waals surface area contributed by atoms with Gasteiger partial charge in [-0.3, -0.25) is 14.6 Å². The number of hydrogen-bond donors (Lipinski definition) is 3. The summed E-state index contributed by atoms with van der Waals surface area (Å²) < 4.78 is 13.2. The monoisotopic (exact) mass is 637 g/mol. The quantitative estimate of drug-likeness (QED) is 0.149. The van der Waals surface area contributed by atoms with Gasteiger partial charge in [0.2, 0.25) is 5.91 Å². The number of aliphatic hydroxyl groups excluding tert-OH is 1. The van der Waals surface area contributed by atoms with Crippen LogP contribution < -0.4 is 5.32 Å². The van der Waals surface area contributed by atoms with Crippen molar-refractivity contribution in [3.63, 3.8) is 0 Å². The Hall–Kier alpha value is -4.41. The van der Waals surface area contributed by atoms with Crippen molar-refractivity contribution >= 4 is 11.9 Å². The number of carboxylic acid groups (broad SMARTS) is 1. The molecule has 0 aliphatic carbocycles. The number of carbonyl (C=O) groups excluding carboxylic acids is 1. The van der Waals surface area contributed by atoms with E-state index in [9.17, 15) is 14.7 Å². The summed E-state index contributed by atoms with van der Waals surface area (Å²) in [6.45, 7) is 1.95. The van der Waals surface area contributed by atoms with E-state index in [2.05, 4.69) is 28.3 Å². The lowest BCUT2D eigenvalue weighted by molar-refractivity contribution is -0.252. The molecule has 1 aliphatic rings. The van der Waals surface area contributed by atoms with Gasteiger partial charge in [-0.25, -0.2) is 0 Å². The van der Waals surface area contributed by atoms with Crippen LogP contribution in [0.5, 0.6) is 0 Å². The lowest BCUT2D eigenvalue weighted by Crippen LogP contribution is -2.38. The van der Waals surface area contributed by atoms with E-state index >= 15 is 0 Å². The molecule has 47 heavy (non-hydrogen) atoms. The van der Waals surface area contributed by atoms with Crippen LogP contribution in [-0.2, 0) is 38.6 Å². The van der Waals surface area contributed by atoms with Crippen molar-refractivity contribution in [2.75, 3.05) is 20.1 Å². The number of aliphatic hydroxyl groups is 1. The second-order valence-corrected chi connectivity index (χ2v) is 12.0.